The second kappa shape index (κ2) is 6.04. The molecule has 1 aliphatic carbocycles. The molecule has 0 radical (unpaired) electrons. The van der Waals surface area contributed by atoms with Gasteiger partial charge in [-0.1, -0.05) is 18.2 Å². The lowest BCUT2D eigenvalue weighted by Crippen LogP contribution is -2.17. The molecule has 0 saturated heterocycles. The van der Waals surface area contributed by atoms with Crippen molar-refractivity contribution in [3.8, 4) is 16.9 Å². The van der Waals surface area contributed by atoms with Crippen LogP contribution in [0.25, 0.3) is 16.7 Å². The number of aromatic nitrogens is 1. The highest BCUT2D eigenvalue weighted by molar-refractivity contribution is 6.52. The van der Waals surface area contributed by atoms with E-state index in [9.17, 15) is 9.59 Å². The number of allylic oxidation sites excluding steroid dienone is 1. The van der Waals surface area contributed by atoms with Crippen LogP contribution in [-0.2, 0) is 20.7 Å². The normalized spacial score (nSPS) is 12.3. The van der Waals surface area contributed by atoms with E-state index < -0.39 is 11.8 Å². The van der Waals surface area contributed by atoms with Gasteiger partial charge in [0.15, 0.2) is 0 Å². The van der Waals surface area contributed by atoms with Crippen LogP contribution >= 0.6 is 0 Å². The molecule has 3 rings (SSSR count). The van der Waals surface area contributed by atoms with Gasteiger partial charge in [-0.3, -0.25) is 9.78 Å². The van der Waals surface area contributed by atoms with E-state index in [4.69, 9.17) is 4.74 Å². The van der Waals surface area contributed by atoms with Gasteiger partial charge in [-0.05, 0) is 41.3 Å². The summed E-state index contributed by atoms with van der Waals surface area (Å²) in [6.45, 7) is 0. The van der Waals surface area contributed by atoms with Crippen molar-refractivity contribution in [3.05, 3.63) is 53.9 Å². The average molecular weight is 309 g/mol. The van der Waals surface area contributed by atoms with E-state index in [1.165, 1.54) is 7.11 Å². The van der Waals surface area contributed by atoms with Gasteiger partial charge in [0, 0.05) is 6.20 Å². The minimum atomic E-state index is -0.874. The largest absolute Gasteiger partial charge is 0.497 e. The Labute approximate surface area is 133 Å². The van der Waals surface area contributed by atoms with Crippen LogP contribution in [0.2, 0.25) is 0 Å². The number of nitrogens with zero attached hydrogens (tertiary/aromatic N) is 1. The van der Waals surface area contributed by atoms with Gasteiger partial charge in [-0.25, -0.2) is 4.79 Å². The second-order valence-electron chi connectivity index (χ2n) is 5.06. The van der Waals surface area contributed by atoms with E-state index in [1.807, 2.05) is 30.3 Å². The van der Waals surface area contributed by atoms with Gasteiger partial charge in [0.25, 0.3) is 5.78 Å². The molecule has 0 aliphatic heterocycles. The maximum Gasteiger partial charge on any atom is 0.379 e. The Kier molecular flexibility index (Phi) is 3.93. The van der Waals surface area contributed by atoms with E-state index in [-0.39, 0.29) is 0 Å². The van der Waals surface area contributed by atoms with Gasteiger partial charge in [0.1, 0.15) is 5.75 Å². The molecule has 2 aromatic rings. The minimum absolute atomic E-state index is 0.308. The summed E-state index contributed by atoms with van der Waals surface area (Å²) in [7, 11) is 2.81. The van der Waals surface area contributed by atoms with Crippen molar-refractivity contribution < 1.29 is 19.1 Å². The summed E-state index contributed by atoms with van der Waals surface area (Å²) in [4.78, 5) is 27.8. The van der Waals surface area contributed by atoms with Crippen molar-refractivity contribution >= 4 is 17.3 Å². The predicted octanol–water partition coefficient (Wildman–Crippen LogP) is 2.44. The first-order valence-electron chi connectivity index (χ1n) is 7.11. The molecule has 0 amide bonds. The molecule has 1 aromatic heterocycles. The van der Waals surface area contributed by atoms with E-state index in [1.54, 1.807) is 19.4 Å². The maximum absolute atomic E-state index is 12.1. The third-order valence-corrected chi connectivity index (χ3v) is 3.84. The van der Waals surface area contributed by atoms with E-state index in [0.29, 0.717) is 17.7 Å². The molecule has 0 bridgehead atoms. The molecule has 0 N–H and O–H groups in total. The third-order valence-electron chi connectivity index (χ3n) is 3.84. The molecule has 0 unspecified atom stereocenters. The summed E-state index contributed by atoms with van der Waals surface area (Å²) in [5, 5.41) is 0. The lowest BCUT2D eigenvalue weighted by atomic mass is 9.98. The number of fused-ring (bicyclic) bond motifs is 1. The molecule has 0 atom stereocenters. The molecular formula is C18H15NO4. The topological polar surface area (TPSA) is 65.5 Å². The lowest BCUT2D eigenvalue weighted by molar-refractivity contribution is -0.149. The summed E-state index contributed by atoms with van der Waals surface area (Å²) >= 11 is 0. The first-order chi connectivity index (χ1) is 11.2. The molecule has 0 saturated carbocycles. The number of carbonyl (C=O) groups is 2. The first kappa shape index (κ1) is 15.0. The van der Waals surface area contributed by atoms with Crippen LogP contribution in [-0.4, -0.2) is 31.0 Å². The summed E-state index contributed by atoms with van der Waals surface area (Å²) in [6, 6.07) is 9.57. The first-order valence-corrected chi connectivity index (χ1v) is 7.11. The lowest BCUT2D eigenvalue weighted by Gasteiger charge is -2.10. The van der Waals surface area contributed by atoms with Gasteiger partial charge in [0.05, 0.1) is 25.5 Å². The Bertz CT molecular complexity index is 806. The van der Waals surface area contributed by atoms with Crippen LogP contribution in [0.1, 0.15) is 11.3 Å². The van der Waals surface area contributed by atoms with Crippen LogP contribution in [0.3, 0.4) is 0 Å². The molecule has 0 fully saturated rings. The number of carbonyl (C=O) groups excluding carboxylic acids is 2. The molecule has 0 spiro atoms. The fourth-order valence-electron chi connectivity index (χ4n) is 2.68. The van der Waals surface area contributed by atoms with Crippen molar-refractivity contribution in [2.45, 2.75) is 6.42 Å². The highest BCUT2D eigenvalue weighted by Crippen LogP contribution is 2.34. The monoisotopic (exact) mass is 309 g/mol. The highest BCUT2D eigenvalue weighted by Gasteiger charge is 2.28. The fraction of sp³-hybridized carbons (Fsp3) is 0.167. The van der Waals surface area contributed by atoms with Crippen molar-refractivity contribution in [1.82, 2.24) is 4.98 Å². The highest BCUT2D eigenvalue weighted by atomic mass is 16.5. The smallest absolute Gasteiger partial charge is 0.379 e. The summed E-state index contributed by atoms with van der Waals surface area (Å²) in [5.41, 5.74) is 3.78. The number of Topliss-reactive ketones (excluding diaryl/α,β-unsaturated/α-hetero) is 1. The number of rotatable bonds is 4. The number of hydrogen-bond donors (Lipinski definition) is 0. The van der Waals surface area contributed by atoms with Crippen LogP contribution in [0, 0.1) is 0 Å². The Morgan fingerprint density at radius 1 is 1.09 bits per heavy atom. The molecule has 1 aliphatic rings. The number of methoxy groups -OCH3 is 2. The van der Waals surface area contributed by atoms with Gasteiger partial charge in [-0.15, -0.1) is 0 Å². The Morgan fingerprint density at radius 2 is 1.83 bits per heavy atom. The van der Waals surface area contributed by atoms with E-state index >= 15 is 0 Å². The number of benzene rings is 1. The predicted molar refractivity (Wildman–Crippen MR) is 84.9 cm³/mol. The number of ether oxygens (including phenoxy) is 2. The van der Waals surface area contributed by atoms with Crippen LogP contribution < -0.4 is 4.74 Å². The van der Waals surface area contributed by atoms with Crippen LogP contribution in [0.15, 0.2) is 42.6 Å². The van der Waals surface area contributed by atoms with E-state index in [2.05, 4.69) is 9.72 Å². The Morgan fingerprint density at radius 3 is 2.48 bits per heavy atom. The number of hydrogen-bond acceptors (Lipinski definition) is 5. The molecule has 5 nitrogen and oxygen atoms in total. The number of esters is 1. The van der Waals surface area contributed by atoms with Gasteiger partial charge in [0.2, 0.25) is 0 Å². The van der Waals surface area contributed by atoms with Crippen molar-refractivity contribution in [2.75, 3.05) is 14.2 Å². The van der Waals surface area contributed by atoms with Crippen molar-refractivity contribution in [3.63, 3.8) is 0 Å². The van der Waals surface area contributed by atoms with Crippen molar-refractivity contribution in [1.29, 1.82) is 0 Å². The minimum Gasteiger partial charge on any atom is -0.497 e. The van der Waals surface area contributed by atoms with Crippen molar-refractivity contribution in [2.24, 2.45) is 0 Å². The molecule has 5 heteroatoms. The van der Waals surface area contributed by atoms with Crippen LogP contribution in [0.5, 0.6) is 5.75 Å². The molecular weight excluding hydrogens is 294 g/mol. The zero-order valence-electron chi connectivity index (χ0n) is 12.8. The van der Waals surface area contributed by atoms with Crippen LogP contribution in [0.4, 0.5) is 0 Å². The SMILES string of the molecule is COC(=O)C(=O)C1=CCc2c(-c3ccc(OC)cc3)ccnc21. The number of ketones is 1. The molecule has 1 aromatic carbocycles. The maximum atomic E-state index is 12.1. The average Bonchev–Trinajstić information content (AvgIpc) is 3.04. The summed E-state index contributed by atoms with van der Waals surface area (Å²) in [5.74, 6) is -0.759. The van der Waals surface area contributed by atoms with Gasteiger partial charge >= 0.3 is 5.97 Å². The Balaban J connectivity index is 2.00. The quantitative estimate of drug-likeness (QED) is 0.641. The zero-order valence-corrected chi connectivity index (χ0v) is 12.8. The fourth-order valence-corrected chi connectivity index (χ4v) is 2.68. The Hall–Kier alpha value is -2.95. The second-order valence-corrected chi connectivity index (χ2v) is 5.06. The van der Waals surface area contributed by atoms with E-state index in [0.717, 1.165) is 22.4 Å². The summed E-state index contributed by atoms with van der Waals surface area (Å²) in [6.07, 6.45) is 3.93. The van der Waals surface area contributed by atoms with Gasteiger partial charge in [-0.2, -0.15) is 0 Å². The summed E-state index contributed by atoms with van der Waals surface area (Å²) < 4.78 is 9.68. The molecule has 23 heavy (non-hydrogen) atoms. The zero-order chi connectivity index (χ0) is 16.4. The van der Waals surface area contributed by atoms with Gasteiger partial charge < -0.3 is 9.47 Å². The third kappa shape index (κ3) is 2.61. The molecule has 116 valence electrons. The standard InChI is InChI=1S/C18H15NO4/c1-22-12-5-3-11(4-6-12)13-9-10-19-16-14(13)7-8-15(16)17(20)18(21)23-2/h3-6,8-10H,7H2,1-2H3. The molecule has 1 heterocycles. The number of pyridine rings is 1.